The van der Waals surface area contributed by atoms with Gasteiger partial charge in [-0.05, 0) is 19.9 Å². The third-order valence-electron chi connectivity index (χ3n) is 2.73. The minimum atomic E-state index is -0.324. The topological polar surface area (TPSA) is 57.3 Å². The molecule has 2 aromatic rings. The molecule has 0 atom stereocenters. The monoisotopic (exact) mass is 280 g/mol. The van der Waals surface area contributed by atoms with Gasteiger partial charge in [-0.2, -0.15) is 5.10 Å². The Kier molecular flexibility index (Phi) is 4.31. The molecule has 0 saturated carbocycles. The van der Waals surface area contributed by atoms with Gasteiger partial charge < -0.3 is 9.15 Å². The number of aryl methyl sites for hydroxylation is 2. The number of furan rings is 1. The Morgan fingerprint density at radius 3 is 3.00 bits per heavy atom. The SMILES string of the molecule is CCOC(=O)c1cnn(C)c1CSc1ccoc1C. The van der Waals surface area contributed by atoms with Gasteiger partial charge in [-0.15, -0.1) is 11.8 Å². The maximum absolute atomic E-state index is 11.8. The summed E-state index contributed by atoms with van der Waals surface area (Å²) in [6.45, 7) is 4.07. The van der Waals surface area contributed by atoms with E-state index in [4.69, 9.17) is 9.15 Å². The maximum Gasteiger partial charge on any atom is 0.341 e. The van der Waals surface area contributed by atoms with Crippen molar-refractivity contribution in [1.29, 1.82) is 0 Å². The van der Waals surface area contributed by atoms with Gasteiger partial charge in [-0.1, -0.05) is 0 Å². The molecule has 0 aromatic carbocycles. The van der Waals surface area contributed by atoms with Crippen LogP contribution < -0.4 is 0 Å². The minimum absolute atomic E-state index is 0.324. The van der Waals surface area contributed by atoms with Crippen LogP contribution in [0, 0.1) is 6.92 Å². The van der Waals surface area contributed by atoms with E-state index in [1.165, 1.54) is 0 Å². The van der Waals surface area contributed by atoms with Gasteiger partial charge in [0.1, 0.15) is 11.3 Å². The molecule has 19 heavy (non-hydrogen) atoms. The number of rotatable bonds is 5. The third kappa shape index (κ3) is 3.01. The second kappa shape index (κ2) is 5.97. The highest BCUT2D eigenvalue weighted by Gasteiger charge is 2.17. The van der Waals surface area contributed by atoms with Crippen molar-refractivity contribution in [1.82, 2.24) is 9.78 Å². The van der Waals surface area contributed by atoms with E-state index in [1.54, 1.807) is 35.8 Å². The Morgan fingerprint density at radius 1 is 1.58 bits per heavy atom. The molecule has 5 nitrogen and oxygen atoms in total. The highest BCUT2D eigenvalue weighted by atomic mass is 32.2. The summed E-state index contributed by atoms with van der Waals surface area (Å²) >= 11 is 1.61. The van der Waals surface area contributed by atoms with Crippen molar-refractivity contribution < 1.29 is 13.9 Å². The summed E-state index contributed by atoms with van der Waals surface area (Å²) in [7, 11) is 1.82. The molecule has 6 heteroatoms. The fourth-order valence-electron chi connectivity index (χ4n) is 1.68. The smallest absolute Gasteiger partial charge is 0.341 e. The van der Waals surface area contributed by atoms with E-state index in [2.05, 4.69) is 5.10 Å². The zero-order chi connectivity index (χ0) is 13.8. The summed E-state index contributed by atoms with van der Waals surface area (Å²) in [5.74, 6) is 1.20. The van der Waals surface area contributed by atoms with Crippen LogP contribution >= 0.6 is 11.8 Å². The largest absolute Gasteiger partial charge is 0.468 e. The van der Waals surface area contributed by atoms with E-state index in [0.29, 0.717) is 17.9 Å². The van der Waals surface area contributed by atoms with Crippen molar-refractivity contribution in [2.24, 2.45) is 7.05 Å². The number of carbonyl (C=O) groups is 1. The fourth-order valence-corrected chi connectivity index (χ4v) is 2.72. The van der Waals surface area contributed by atoms with E-state index in [0.717, 1.165) is 16.3 Å². The highest BCUT2D eigenvalue weighted by Crippen LogP contribution is 2.27. The van der Waals surface area contributed by atoms with Crippen molar-refractivity contribution in [2.45, 2.75) is 24.5 Å². The molecule has 0 aliphatic heterocycles. The van der Waals surface area contributed by atoms with Crippen molar-refractivity contribution in [3.63, 3.8) is 0 Å². The minimum Gasteiger partial charge on any atom is -0.468 e. The molecular formula is C13H16N2O3S. The predicted octanol–water partition coefficient (Wildman–Crippen LogP) is 2.79. The molecule has 0 bridgehead atoms. The first kappa shape index (κ1) is 13.7. The van der Waals surface area contributed by atoms with Gasteiger partial charge in [-0.3, -0.25) is 4.68 Å². The average Bonchev–Trinajstić information content (AvgIpc) is 2.94. The molecule has 0 fully saturated rings. The van der Waals surface area contributed by atoms with E-state index in [1.807, 2.05) is 20.0 Å². The van der Waals surface area contributed by atoms with Gasteiger partial charge >= 0.3 is 5.97 Å². The standard InChI is InChI=1S/C13H16N2O3S/c1-4-17-13(16)10-7-14-15(3)11(10)8-19-12-5-6-18-9(12)2/h5-7H,4,8H2,1-3H3. The lowest BCUT2D eigenvalue weighted by molar-refractivity contribution is 0.0525. The molecule has 0 spiro atoms. The number of ether oxygens (including phenoxy) is 1. The van der Waals surface area contributed by atoms with Crippen LogP contribution in [0.4, 0.5) is 0 Å². The molecule has 0 aliphatic rings. The first-order valence-corrected chi connectivity index (χ1v) is 6.97. The van der Waals surface area contributed by atoms with Crippen LogP contribution in [0.15, 0.2) is 27.8 Å². The number of hydrogen-bond donors (Lipinski definition) is 0. The normalized spacial score (nSPS) is 10.7. The molecule has 0 unspecified atom stereocenters. The predicted molar refractivity (Wildman–Crippen MR) is 72.2 cm³/mol. The Morgan fingerprint density at radius 2 is 2.37 bits per heavy atom. The van der Waals surface area contributed by atoms with Crippen molar-refractivity contribution >= 4 is 17.7 Å². The molecule has 2 rings (SSSR count). The second-order valence-electron chi connectivity index (χ2n) is 3.98. The first-order valence-electron chi connectivity index (χ1n) is 5.98. The summed E-state index contributed by atoms with van der Waals surface area (Å²) in [5.41, 5.74) is 1.38. The Labute approximate surface area is 115 Å². The number of thioether (sulfide) groups is 1. The van der Waals surface area contributed by atoms with E-state index >= 15 is 0 Å². The van der Waals surface area contributed by atoms with Crippen LogP contribution in [0.2, 0.25) is 0 Å². The second-order valence-corrected chi connectivity index (χ2v) is 5.00. The highest BCUT2D eigenvalue weighted by molar-refractivity contribution is 7.98. The Hall–Kier alpha value is -1.69. The number of esters is 1. The van der Waals surface area contributed by atoms with Crippen LogP contribution in [0.3, 0.4) is 0 Å². The summed E-state index contributed by atoms with van der Waals surface area (Å²) in [6.07, 6.45) is 3.21. The maximum atomic E-state index is 11.8. The lowest BCUT2D eigenvalue weighted by Crippen LogP contribution is -2.08. The number of carbonyl (C=O) groups excluding carboxylic acids is 1. The molecule has 0 N–H and O–H groups in total. The van der Waals surface area contributed by atoms with Gasteiger partial charge in [0.15, 0.2) is 0 Å². The molecule has 2 heterocycles. The van der Waals surface area contributed by atoms with E-state index < -0.39 is 0 Å². The average molecular weight is 280 g/mol. The summed E-state index contributed by atoms with van der Waals surface area (Å²) in [4.78, 5) is 12.9. The van der Waals surface area contributed by atoms with Crippen LogP contribution in [0.1, 0.15) is 28.7 Å². The third-order valence-corrected chi connectivity index (χ3v) is 3.88. The van der Waals surface area contributed by atoms with Crippen molar-refractivity contribution in [2.75, 3.05) is 6.61 Å². The van der Waals surface area contributed by atoms with Crippen LogP contribution in [0.5, 0.6) is 0 Å². The first-order chi connectivity index (χ1) is 9.13. The molecule has 2 aromatic heterocycles. The summed E-state index contributed by atoms with van der Waals surface area (Å²) in [6, 6.07) is 1.92. The number of nitrogens with zero attached hydrogens (tertiary/aromatic N) is 2. The van der Waals surface area contributed by atoms with Gasteiger partial charge in [0.05, 0.1) is 24.8 Å². The summed E-state index contributed by atoms with van der Waals surface area (Å²) < 4.78 is 12.0. The zero-order valence-electron chi connectivity index (χ0n) is 11.2. The van der Waals surface area contributed by atoms with Gasteiger partial charge in [-0.25, -0.2) is 4.79 Å². The fraction of sp³-hybridized carbons (Fsp3) is 0.385. The number of hydrogen-bond acceptors (Lipinski definition) is 5. The van der Waals surface area contributed by atoms with Gasteiger partial charge in [0.25, 0.3) is 0 Å². The van der Waals surface area contributed by atoms with Crippen LogP contribution in [-0.4, -0.2) is 22.4 Å². The molecule has 0 amide bonds. The van der Waals surface area contributed by atoms with Gasteiger partial charge in [0.2, 0.25) is 0 Å². The van der Waals surface area contributed by atoms with Crippen LogP contribution in [0.25, 0.3) is 0 Å². The zero-order valence-corrected chi connectivity index (χ0v) is 12.0. The molecule has 102 valence electrons. The molecular weight excluding hydrogens is 264 g/mol. The molecule has 0 radical (unpaired) electrons. The lowest BCUT2D eigenvalue weighted by atomic mass is 10.3. The lowest BCUT2D eigenvalue weighted by Gasteiger charge is -2.05. The molecule has 0 saturated heterocycles. The van der Waals surface area contributed by atoms with Crippen LogP contribution in [-0.2, 0) is 17.5 Å². The van der Waals surface area contributed by atoms with Crippen molar-refractivity contribution in [3.05, 3.63) is 35.5 Å². The van der Waals surface area contributed by atoms with Gasteiger partial charge in [0, 0.05) is 17.7 Å². The quantitative estimate of drug-likeness (QED) is 0.622. The van der Waals surface area contributed by atoms with Crippen molar-refractivity contribution in [3.8, 4) is 0 Å². The number of aromatic nitrogens is 2. The Balaban J connectivity index is 2.13. The van der Waals surface area contributed by atoms with E-state index in [9.17, 15) is 4.79 Å². The Bertz CT molecular complexity index is 574. The van der Waals surface area contributed by atoms with E-state index in [-0.39, 0.29) is 5.97 Å². The molecule has 0 aliphatic carbocycles. The summed E-state index contributed by atoms with van der Waals surface area (Å²) in [5, 5.41) is 4.12.